The average Bonchev–Trinajstić information content (AvgIpc) is 2.94. The van der Waals surface area contributed by atoms with Crippen molar-refractivity contribution >= 4 is 23.9 Å². The minimum absolute atomic E-state index is 0.0534. The zero-order chi connectivity index (χ0) is 30.0. The van der Waals surface area contributed by atoms with E-state index in [4.69, 9.17) is 18.9 Å². The molecule has 0 aliphatic rings. The second-order valence-corrected chi connectivity index (χ2v) is 9.84. The highest BCUT2D eigenvalue weighted by Gasteiger charge is 2.25. The Balaban J connectivity index is 2.41. The predicted molar refractivity (Wildman–Crippen MR) is 153 cm³/mol. The van der Waals surface area contributed by atoms with Crippen LogP contribution in [0, 0.1) is 0 Å². The van der Waals surface area contributed by atoms with E-state index in [-0.39, 0.29) is 54.4 Å². The van der Waals surface area contributed by atoms with E-state index in [1.54, 1.807) is 12.1 Å². The number of hydrogen-bond acceptors (Lipinski definition) is 9. The fourth-order valence-electron chi connectivity index (χ4n) is 3.84. The van der Waals surface area contributed by atoms with E-state index in [2.05, 4.69) is 0 Å². The minimum atomic E-state index is -0.773. The Hall–Kier alpha value is -3.88. The van der Waals surface area contributed by atoms with E-state index in [1.165, 1.54) is 24.3 Å². The van der Waals surface area contributed by atoms with Crippen LogP contribution in [0.3, 0.4) is 0 Å². The average molecular weight is 571 g/mol. The van der Waals surface area contributed by atoms with Gasteiger partial charge >= 0.3 is 23.9 Å². The van der Waals surface area contributed by atoms with Gasteiger partial charge in [-0.05, 0) is 49.1 Å². The number of benzene rings is 2. The zero-order valence-corrected chi connectivity index (χ0v) is 24.4. The maximum atomic E-state index is 13.0. The minimum Gasteiger partial charge on any atom is -0.508 e. The zero-order valence-electron chi connectivity index (χ0n) is 24.4. The van der Waals surface area contributed by atoms with Gasteiger partial charge in [0, 0.05) is 19.3 Å². The number of esters is 4. The summed E-state index contributed by atoms with van der Waals surface area (Å²) in [7, 11) is 0. The summed E-state index contributed by atoms with van der Waals surface area (Å²) in [6.45, 7) is 5.94. The Labute approximate surface area is 242 Å². The molecule has 0 saturated heterocycles. The fraction of sp³-hybridized carbons (Fsp3) is 0.500. The van der Waals surface area contributed by atoms with Crippen molar-refractivity contribution in [1.29, 1.82) is 0 Å². The van der Waals surface area contributed by atoms with Gasteiger partial charge in [-0.3, -0.25) is 14.4 Å². The van der Waals surface area contributed by atoms with Gasteiger partial charge in [0.15, 0.2) is 11.5 Å². The number of carbonyl (C=O) groups is 4. The van der Waals surface area contributed by atoms with E-state index in [0.29, 0.717) is 24.8 Å². The summed E-state index contributed by atoms with van der Waals surface area (Å²) in [5.41, 5.74) is 0.584. The predicted octanol–water partition coefficient (Wildman–Crippen LogP) is 7.21. The third-order valence-corrected chi connectivity index (χ3v) is 6.18. The molecule has 0 spiro atoms. The van der Waals surface area contributed by atoms with Gasteiger partial charge in [0.2, 0.25) is 5.75 Å². The molecule has 0 atom stereocenters. The lowest BCUT2D eigenvalue weighted by Gasteiger charge is -2.16. The molecule has 0 unspecified atom stereocenters. The smallest absolute Gasteiger partial charge is 0.338 e. The Morgan fingerprint density at radius 1 is 0.634 bits per heavy atom. The van der Waals surface area contributed by atoms with Crippen molar-refractivity contribution < 1.29 is 43.2 Å². The molecule has 224 valence electrons. The first-order valence-electron chi connectivity index (χ1n) is 14.5. The highest BCUT2D eigenvalue weighted by molar-refractivity contribution is 5.92. The largest absolute Gasteiger partial charge is 0.508 e. The van der Waals surface area contributed by atoms with Crippen molar-refractivity contribution in [3.05, 3.63) is 47.5 Å². The van der Waals surface area contributed by atoms with Gasteiger partial charge in [-0.15, -0.1) is 0 Å². The quantitative estimate of drug-likeness (QED) is 0.112. The van der Waals surface area contributed by atoms with E-state index in [1.807, 2.05) is 20.8 Å². The number of carbonyl (C=O) groups excluding carboxylic acids is 4. The van der Waals surface area contributed by atoms with E-state index >= 15 is 0 Å². The number of ether oxygens (including phenoxy) is 4. The lowest BCUT2D eigenvalue weighted by molar-refractivity contribution is -0.138. The first kappa shape index (κ1) is 33.3. The van der Waals surface area contributed by atoms with E-state index in [9.17, 15) is 24.3 Å². The van der Waals surface area contributed by atoms with E-state index in [0.717, 1.165) is 38.5 Å². The van der Waals surface area contributed by atoms with Crippen LogP contribution in [0.2, 0.25) is 0 Å². The van der Waals surface area contributed by atoms with Crippen molar-refractivity contribution in [2.45, 2.75) is 104 Å². The summed E-state index contributed by atoms with van der Waals surface area (Å²) < 4.78 is 22.1. The molecule has 0 fully saturated rings. The van der Waals surface area contributed by atoms with Crippen LogP contribution in [0.5, 0.6) is 23.0 Å². The molecule has 2 rings (SSSR count). The number of phenolic OH excluding ortho intramolecular Hbond substituents is 1. The van der Waals surface area contributed by atoms with Gasteiger partial charge in [-0.2, -0.15) is 0 Å². The monoisotopic (exact) mass is 570 g/mol. The van der Waals surface area contributed by atoms with Crippen LogP contribution in [0.15, 0.2) is 36.4 Å². The normalized spacial score (nSPS) is 10.6. The Morgan fingerprint density at radius 3 is 1.51 bits per heavy atom. The van der Waals surface area contributed by atoms with Gasteiger partial charge < -0.3 is 24.1 Å². The molecular formula is C32H42O9. The molecule has 0 radical (unpaired) electrons. The van der Waals surface area contributed by atoms with Gasteiger partial charge in [0.05, 0.1) is 5.56 Å². The molecule has 9 heteroatoms. The number of rotatable bonds is 18. The first-order valence-corrected chi connectivity index (χ1v) is 14.5. The van der Waals surface area contributed by atoms with E-state index < -0.39 is 23.9 Å². The molecule has 0 aliphatic heterocycles. The third-order valence-electron chi connectivity index (χ3n) is 6.18. The van der Waals surface area contributed by atoms with Crippen LogP contribution < -0.4 is 14.2 Å². The Kier molecular flexibility index (Phi) is 15.0. The van der Waals surface area contributed by atoms with Crippen LogP contribution in [-0.4, -0.2) is 29.0 Å². The Bertz CT molecular complexity index is 1090. The van der Waals surface area contributed by atoms with Crippen LogP contribution >= 0.6 is 0 Å². The van der Waals surface area contributed by atoms with Crippen LogP contribution in [-0.2, 0) is 25.7 Å². The molecule has 2 aromatic rings. The third kappa shape index (κ3) is 12.4. The molecule has 1 N–H and O–H groups in total. The molecule has 2 aromatic carbocycles. The highest BCUT2D eigenvalue weighted by atomic mass is 16.6. The number of unbranched alkanes of at least 4 members (excludes halogenated alkanes) is 6. The molecule has 0 saturated carbocycles. The van der Waals surface area contributed by atoms with Crippen molar-refractivity contribution in [2.75, 3.05) is 0 Å². The first-order chi connectivity index (χ1) is 19.8. The SMILES string of the molecule is CCCCCC(=O)Oc1cc(C(=O)OCc2ccc(O)cc2)cc(OC(=O)CCCCC)c1OC(=O)CCCCC. The molecule has 0 aromatic heterocycles. The van der Waals surface area contributed by atoms with Crippen molar-refractivity contribution in [1.82, 2.24) is 0 Å². The lowest BCUT2D eigenvalue weighted by atomic mass is 10.1. The molecule has 9 nitrogen and oxygen atoms in total. The van der Waals surface area contributed by atoms with Gasteiger partial charge in [-0.25, -0.2) is 4.79 Å². The summed E-state index contributed by atoms with van der Waals surface area (Å²) in [5.74, 6) is -3.05. The van der Waals surface area contributed by atoms with Crippen LogP contribution in [0.25, 0.3) is 0 Å². The number of phenols is 1. The number of aromatic hydroxyl groups is 1. The maximum absolute atomic E-state index is 13.0. The molecule has 0 aliphatic carbocycles. The summed E-state index contributed by atoms with van der Waals surface area (Å²) in [4.78, 5) is 51.0. The second-order valence-electron chi connectivity index (χ2n) is 9.84. The van der Waals surface area contributed by atoms with Crippen LogP contribution in [0.1, 0.15) is 114 Å². The topological polar surface area (TPSA) is 125 Å². The summed E-state index contributed by atoms with van der Waals surface area (Å²) in [5, 5.41) is 9.48. The highest BCUT2D eigenvalue weighted by Crippen LogP contribution is 2.40. The van der Waals surface area contributed by atoms with Gasteiger partial charge in [0.25, 0.3) is 0 Å². The molecule has 0 heterocycles. The molecule has 0 amide bonds. The number of hydrogen-bond donors (Lipinski definition) is 1. The van der Waals surface area contributed by atoms with Crippen molar-refractivity contribution in [2.24, 2.45) is 0 Å². The summed E-state index contributed by atoms with van der Waals surface area (Å²) >= 11 is 0. The van der Waals surface area contributed by atoms with Gasteiger partial charge in [0.1, 0.15) is 12.4 Å². The fourth-order valence-corrected chi connectivity index (χ4v) is 3.84. The standard InChI is InChI=1S/C32H42O9/c1-4-7-10-13-28(34)39-26-20-24(32(37)38-22-23-16-18-25(33)19-17-23)21-27(40-29(35)14-11-8-5-2)31(26)41-30(36)15-12-9-6-3/h16-21,33H,4-15,22H2,1-3H3. The molecule has 0 bridgehead atoms. The molecular weight excluding hydrogens is 528 g/mol. The van der Waals surface area contributed by atoms with Crippen molar-refractivity contribution in [3.8, 4) is 23.0 Å². The summed E-state index contributed by atoms with van der Waals surface area (Å²) in [6.07, 6.45) is 7.42. The maximum Gasteiger partial charge on any atom is 0.338 e. The van der Waals surface area contributed by atoms with Gasteiger partial charge in [-0.1, -0.05) is 71.4 Å². The van der Waals surface area contributed by atoms with Crippen molar-refractivity contribution in [3.63, 3.8) is 0 Å². The molecule has 41 heavy (non-hydrogen) atoms. The Morgan fingerprint density at radius 2 is 1.07 bits per heavy atom. The lowest BCUT2D eigenvalue weighted by Crippen LogP contribution is -2.16. The second kappa shape index (κ2) is 18.5. The summed E-state index contributed by atoms with van der Waals surface area (Å²) in [6, 6.07) is 8.66. The van der Waals surface area contributed by atoms with Crippen LogP contribution in [0.4, 0.5) is 0 Å².